The first-order chi connectivity index (χ1) is 4.74. The molecule has 0 saturated heterocycles. The van der Waals surface area contributed by atoms with Crippen molar-refractivity contribution in [3.63, 3.8) is 0 Å². The number of halogens is 1. The van der Waals surface area contributed by atoms with E-state index in [4.69, 9.17) is 0 Å². The molecule has 54 valence electrons. The predicted octanol–water partition coefficient (Wildman–Crippen LogP) is 2.39. The fraction of sp³-hybridized carbons (Fsp3) is 0.286. The molecule has 2 nitrogen and oxygen atoms in total. The van der Waals surface area contributed by atoms with Gasteiger partial charge in [-0.25, -0.2) is 4.98 Å². The number of aromatic nitrogens is 2. The second kappa shape index (κ2) is 3.01. The van der Waals surface area contributed by atoms with Crippen LogP contribution in [0.2, 0.25) is 0 Å². The van der Waals surface area contributed by atoms with Crippen LogP contribution in [0.4, 0.5) is 0 Å². The molecule has 0 radical (unpaired) electrons. The Balaban J connectivity index is 2.98. The van der Waals surface area contributed by atoms with E-state index in [1.54, 1.807) is 4.99 Å². The number of hydrogen-bond acceptors (Lipinski definition) is 1. The Hall–Kier alpha value is -0.570. The summed E-state index contributed by atoms with van der Waals surface area (Å²) in [5.41, 5.74) is 2.18. The maximum atomic E-state index is 4.23. The van der Waals surface area contributed by atoms with E-state index in [9.17, 15) is 0 Å². The highest BCUT2D eigenvalue weighted by Crippen LogP contribution is 2.04. The summed E-state index contributed by atoms with van der Waals surface area (Å²) in [7, 11) is 0. The average Bonchev–Trinajstić information content (AvgIpc) is 2.14. The van der Waals surface area contributed by atoms with Gasteiger partial charge < -0.3 is 4.98 Å². The fourth-order valence-electron chi connectivity index (χ4n) is 0.714. The Morgan fingerprint density at radius 3 is 2.60 bits per heavy atom. The van der Waals surface area contributed by atoms with Crippen LogP contribution >= 0.6 is 15.9 Å². The molecule has 0 atom stereocenters. The molecule has 0 bridgehead atoms. The van der Waals surface area contributed by atoms with Crippen LogP contribution in [-0.2, 0) is 0 Å². The molecule has 0 spiro atoms. The van der Waals surface area contributed by atoms with Crippen molar-refractivity contribution < 1.29 is 0 Å². The van der Waals surface area contributed by atoms with Crippen molar-refractivity contribution in [1.29, 1.82) is 0 Å². The second-order valence-electron chi connectivity index (χ2n) is 2.13. The van der Waals surface area contributed by atoms with Gasteiger partial charge in [0.2, 0.25) is 0 Å². The fourth-order valence-corrected chi connectivity index (χ4v) is 0.964. The van der Waals surface area contributed by atoms with Crippen LogP contribution in [0, 0.1) is 13.8 Å². The van der Waals surface area contributed by atoms with Gasteiger partial charge in [0.25, 0.3) is 0 Å². The highest BCUT2D eigenvalue weighted by atomic mass is 79.9. The number of rotatable bonds is 1. The van der Waals surface area contributed by atoms with Crippen molar-refractivity contribution in [2.45, 2.75) is 13.8 Å². The van der Waals surface area contributed by atoms with Crippen LogP contribution in [0.5, 0.6) is 0 Å². The van der Waals surface area contributed by atoms with Gasteiger partial charge in [-0.1, -0.05) is 15.9 Å². The standard InChI is InChI=1S/C7H9BrN2/c1-5-6(2)10-7(9-5)3-4-8/h3-4H,1-2H3,(H,9,10)/b4-3+. The van der Waals surface area contributed by atoms with Crippen LogP contribution in [0.25, 0.3) is 6.08 Å². The summed E-state index contributed by atoms with van der Waals surface area (Å²) in [6.07, 6.45) is 1.88. The maximum absolute atomic E-state index is 4.23. The van der Waals surface area contributed by atoms with Crippen LogP contribution < -0.4 is 0 Å². The number of nitrogens with one attached hydrogen (secondary N) is 1. The highest BCUT2D eigenvalue weighted by molar-refractivity contribution is 9.11. The van der Waals surface area contributed by atoms with Crippen LogP contribution in [0.1, 0.15) is 17.2 Å². The van der Waals surface area contributed by atoms with E-state index < -0.39 is 0 Å². The number of imidazole rings is 1. The number of H-pyrrole nitrogens is 1. The summed E-state index contributed by atoms with van der Waals surface area (Å²) in [4.78, 5) is 9.13. The van der Waals surface area contributed by atoms with Crippen LogP contribution in [0.15, 0.2) is 4.99 Å². The second-order valence-corrected chi connectivity index (χ2v) is 2.65. The lowest BCUT2D eigenvalue weighted by molar-refractivity contribution is 1.22. The molecule has 1 aromatic heterocycles. The number of nitrogens with zero attached hydrogens (tertiary/aromatic N) is 1. The first kappa shape index (κ1) is 7.54. The molecule has 1 aromatic rings. The van der Waals surface area contributed by atoms with Crippen molar-refractivity contribution >= 4 is 22.0 Å². The normalized spacial score (nSPS) is 11.1. The van der Waals surface area contributed by atoms with E-state index in [0.717, 1.165) is 17.2 Å². The lowest BCUT2D eigenvalue weighted by atomic mass is 10.4. The van der Waals surface area contributed by atoms with Gasteiger partial charge in [0.05, 0.1) is 5.69 Å². The Kier molecular flexibility index (Phi) is 2.27. The summed E-state index contributed by atoms with van der Waals surface area (Å²) in [5, 5.41) is 0. The summed E-state index contributed by atoms with van der Waals surface area (Å²) in [6, 6.07) is 0. The Morgan fingerprint density at radius 1 is 1.50 bits per heavy atom. The zero-order valence-electron chi connectivity index (χ0n) is 5.98. The zero-order valence-corrected chi connectivity index (χ0v) is 7.57. The van der Waals surface area contributed by atoms with Crippen LogP contribution in [-0.4, -0.2) is 9.97 Å². The minimum Gasteiger partial charge on any atom is -0.342 e. The van der Waals surface area contributed by atoms with Crippen molar-refractivity contribution in [2.24, 2.45) is 0 Å². The molecule has 0 aliphatic heterocycles. The molecule has 1 rings (SSSR count). The maximum Gasteiger partial charge on any atom is 0.130 e. The Labute approximate surface area is 68.5 Å². The minimum atomic E-state index is 0.895. The van der Waals surface area contributed by atoms with Crippen molar-refractivity contribution in [1.82, 2.24) is 9.97 Å². The third-order valence-electron chi connectivity index (χ3n) is 1.37. The summed E-state index contributed by atoms with van der Waals surface area (Å²) < 4.78 is 0. The van der Waals surface area contributed by atoms with Gasteiger partial charge in [-0.2, -0.15) is 0 Å². The molecule has 0 saturated carbocycles. The lowest BCUT2D eigenvalue weighted by Crippen LogP contribution is -1.71. The van der Waals surface area contributed by atoms with Crippen molar-refractivity contribution in [2.75, 3.05) is 0 Å². The SMILES string of the molecule is Cc1nc(/C=C/Br)[nH]c1C. The van der Waals surface area contributed by atoms with E-state index in [-0.39, 0.29) is 0 Å². The lowest BCUT2D eigenvalue weighted by Gasteiger charge is -1.79. The average molecular weight is 201 g/mol. The number of aryl methyl sites for hydroxylation is 2. The first-order valence-electron chi connectivity index (χ1n) is 3.04. The Morgan fingerprint density at radius 2 is 2.20 bits per heavy atom. The number of aromatic amines is 1. The van der Waals surface area contributed by atoms with Gasteiger partial charge in [0, 0.05) is 5.69 Å². The van der Waals surface area contributed by atoms with Gasteiger partial charge >= 0.3 is 0 Å². The van der Waals surface area contributed by atoms with Gasteiger partial charge in [0.15, 0.2) is 0 Å². The van der Waals surface area contributed by atoms with Crippen LogP contribution in [0.3, 0.4) is 0 Å². The first-order valence-corrected chi connectivity index (χ1v) is 3.95. The van der Waals surface area contributed by atoms with Gasteiger partial charge in [-0.05, 0) is 24.9 Å². The summed E-state index contributed by atoms with van der Waals surface area (Å²) >= 11 is 3.18. The van der Waals surface area contributed by atoms with Crippen molar-refractivity contribution in [3.8, 4) is 0 Å². The minimum absolute atomic E-state index is 0.895. The molecule has 1 heterocycles. The topological polar surface area (TPSA) is 28.7 Å². The largest absolute Gasteiger partial charge is 0.342 e. The summed E-state index contributed by atoms with van der Waals surface area (Å²) in [6.45, 7) is 3.99. The molecular weight excluding hydrogens is 192 g/mol. The molecule has 0 unspecified atom stereocenters. The van der Waals surface area contributed by atoms with E-state index in [1.165, 1.54) is 0 Å². The predicted molar refractivity (Wildman–Crippen MR) is 46.0 cm³/mol. The molecular formula is C7H9BrN2. The molecule has 0 amide bonds. The summed E-state index contributed by atoms with van der Waals surface area (Å²) in [5.74, 6) is 0.895. The highest BCUT2D eigenvalue weighted by Gasteiger charge is 1.96. The van der Waals surface area contributed by atoms with E-state index in [2.05, 4.69) is 25.9 Å². The van der Waals surface area contributed by atoms with Gasteiger partial charge in [-0.3, -0.25) is 0 Å². The van der Waals surface area contributed by atoms with E-state index in [0.29, 0.717) is 0 Å². The molecule has 0 aromatic carbocycles. The molecule has 1 N–H and O–H groups in total. The Bertz CT molecular complexity index is 231. The molecule has 0 fully saturated rings. The molecule has 0 aliphatic carbocycles. The third-order valence-corrected chi connectivity index (χ3v) is 1.63. The van der Waals surface area contributed by atoms with Gasteiger partial charge in [0.1, 0.15) is 5.82 Å². The van der Waals surface area contributed by atoms with E-state index >= 15 is 0 Å². The van der Waals surface area contributed by atoms with Gasteiger partial charge in [-0.15, -0.1) is 0 Å². The molecule has 0 aliphatic rings. The zero-order chi connectivity index (χ0) is 7.56. The molecule has 3 heteroatoms. The van der Waals surface area contributed by atoms with Crippen molar-refractivity contribution in [3.05, 3.63) is 22.2 Å². The molecule has 10 heavy (non-hydrogen) atoms. The monoisotopic (exact) mass is 200 g/mol. The smallest absolute Gasteiger partial charge is 0.130 e. The quantitative estimate of drug-likeness (QED) is 0.742. The number of hydrogen-bond donors (Lipinski definition) is 1. The third kappa shape index (κ3) is 1.48. The van der Waals surface area contributed by atoms with E-state index in [1.807, 2.05) is 19.9 Å².